The van der Waals surface area contributed by atoms with Crippen LogP contribution in [0.15, 0.2) is 316 Å². The largest absolute Gasteiger partial charge is 0.456 e. The van der Waals surface area contributed by atoms with Gasteiger partial charge in [-0.1, -0.05) is 109 Å². The molecule has 12 aromatic carbocycles. The summed E-state index contributed by atoms with van der Waals surface area (Å²) < 4.78 is 49.7. The average molecular weight is 1690 g/mol. The van der Waals surface area contributed by atoms with Crippen LogP contribution < -0.4 is 41.6 Å². The molecule has 39 rings (SSSR count). The zero-order valence-corrected chi connectivity index (χ0v) is 68.7. The Morgan fingerprint density at radius 1 is 0.182 bits per heavy atom. The lowest BCUT2D eigenvalue weighted by atomic mass is 9.85. The van der Waals surface area contributed by atoms with Crippen molar-refractivity contribution in [1.29, 1.82) is 0 Å². The standard InChI is InChI=1S/2C37H18N6O.C35H16N8O/c1-3-9-23-19(7-1)21-13-15-27-31-29(21)35-40(23)25-11-5-18-39-34(25)43(35)37(31)32-28(44-27)16-14-22-20-8-2-4-10-24(20)41-33-26(12-6-17-38-33)42(37)36(41)30(22)32;1-3-9-23-19(7-1)21-13-15-27-31-29(21)35-40(23)25-11-5-17-38-33(25)42(35)37(31)32-28(44-27)16-14-22-20-8-2-4-10-24(20)41-26-12-6-18-39-34(26)43(37)36(41)30(22)32;1-3-7-21-17(5-1)19-9-11-23-27-25(19)33-40(21)29-31(38-15-13-36-29)42(33)35(27)28-24(44-23)12-10-20-18-6-2-4-8-22(18)41-30-32(39-16-14-37-30)43(35)34(41)26(20)28/h2*1-18H;1-16H/q3*+2. The van der Waals surface area contributed by atoms with Gasteiger partial charge in [0.2, 0.25) is 28.2 Å². The van der Waals surface area contributed by atoms with E-state index in [0.717, 1.165) is 207 Å². The SMILES string of the molecule is c1ccc2c(c1)c1ccc3c4c1c1n2c2cccnc2[n+]1C41c2c(ccc4c5ccccc5n5c6cccnc6[n+]1c5c24)O3.c1ccc2c(c1)c1ccc3c4c1c1n2c2cccnc2[n+]1C41c2c(ccc4c5ccccc5n5c6ncccc6[n+]1c5c24)O3.c1ccc2c(c1)c1ccc3c4c1c1n2c2nccnc2[n+]1C41c2c(ccc4c5ccccc5n5c6nccnc6[n+]1c5c24)O3. The topological polar surface area (TPSA) is 181 Å². The van der Waals surface area contributed by atoms with E-state index in [1.807, 2.05) is 43.0 Å². The molecular weight excluding hydrogens is 1640 g/mol. The summed E-state index contributed by atoms with van der Waals surface area (Å²) in [6.45, 7) is 0. The van der Waals surface area contributed by atoms with Crippen molar-refractivity contribution in [3.63, 3.8) is 0 Å². The third kappa shape index (κ3) is 6.25. The van der Waals surface area contributed by atoms with Gasteiger partial charge < -0.3 is 14.2 Å². The molecule has 23 heteroatoms. The van der Waals surface area contributed by atoms with E-state index >= 15 is 0 Å². The Labute approximate surface area is 735 Å². The molecule has 1 unspecified atom stereocenters. The van der Waals surface area contributed by atoms with Crippen molar-refractivity contribution in [2.75, 3.05) is 0 Å². The Hall–Kier alpha value is -18.4. The summed E-state index contributed by atoms with van der Waals surface area (Å²) in [4.78, 5) is 40.5. The molecule has 0 bridgehead atoms. The number of rotatable bonds is 0. The highest BCUT2D eigenvalue weighted by Gasteiger charge is 2.70. The van der Waals surface area contributed by atoms with Gasteiger partial charge in [0.05, 0.1) is 72.5 Å². The van der Waals surface area contributed by atoms with E-state index in [9.17, 15) is 0 Å². The van der Waals surface area contributed by atoms with E-state index < -0.39 is 17.0 Å². The van der Waals surface area contributed by atoms with Gasteiger partial charge in [-0.15, -0.1) is 24.9 Å². The van der Waals surface area contributed by atoms with Gasteiger partial charge in [0.1, 0.15) is 104 Å². The van der Waals surface area contributed by atoms with Gasteiger partial charge in [-0.2, -0.15) is 31.8 Å². The summed E-state index contributed by atoms with van der Waals surface area (Å²) in [7, 11) is 0. The summed E-state index contributed by atoms with van der Waals surface area (Å²) in [5, 5.41) is 21.5. The first-order valence-corrected chi connectivity index (χ1v) is 44.5. The molecule has 23 nitrogen and oxygen atoms in total. The predicted octanol–water partition coefficient (Wildman–Crippen LogP) is 18.3. The number of hydrogen-bond acceptors (Lipinski definition) is 11. The van der Waals surface area contributed by atoms with Crippen molar-refractivity contribution in [2.45, 2.75) is 17.0 Å². The molecule has 0 N–H and O–H groups in total. The highest BCUT2D eigenvalue weighted by molar-refractivity contribution is 6.24. The Bertz CT molecular complexity index is 9660. The lowest BCUT2D eigenvalue weighted by molar-refractivity contribution is -0.925. The van der Waals surface area contributed by atoms with Gasteiger partial charge in [0.25, 0.3) is 33.9 Å². The molecule has 0 aliphatic carbocycles. The van der Waals surface area contributed by atoms with Crippen molar-refractivity contribution in [2.24, 2.45) is 0 Å². The van der Waals surface area contributed by atoms with E-state index in [2.05, 4.69) is 303 Å². The van der Waals surface area contributed by atoms with E-state index in [1.54, 1.807) is 24.8 Å². The van der Waals surface area contributed by atoms with Crippen LogP contribution in [-0.2, 0) is 17.0 Å². The van der Waals surface area contributed by atoms with Crippen molar-refractivity contribution >= 4 is 231 Å². The molecule has 0 radical (unpaired) electrons. The smallest absolute Gasteiger partial charge is 0.326 e. The quantitative estimate of drug-likeness (QED) is 0.104. The van der Waals surface area contributed by atoms with Crippen molar-refractivity contribution in [3.8, 4) is 34.5 Å². The number of hydrogen-bond donors (Lipinski definition) is 0. The van der Waals surface area contributed by atoms with Crippen molar-refractivity contribution in [3.05, 3.63) is 350 Å². The number of aromatic nitrogens is 20. The Morgan fingerprint density at radius 3 is 0.735 bits per heavy atom. The van der Waals surface area contributed by atoms with Gasteiger partial charge in [0, 0.05) is 43.9 Å². The van der Waals surface area contributed by atoms with Gasteiger partial charge in [-0.25, -0.2) is 37.0 Å². The Balaban J connectivity index is 0.0000000844. The summed E-state index contributed by atoms with van der Waals surface area (Å²) in [6, 6.07) is 95.3. The normalized spacial score (nSPS) is 15.9. The average Bonchev–Trinajstić information content (AvgIpc) is 1.46. The van der Waals surface area contributed by atoms with Crippen LogP contribution in [0.25, 0.3) is 231 Å². The molecule has 1 atom stereocenters. The first-order valence-electron chi connectivity index (χ1n) is 44.5. The van der Waals surface area contributed by atoms with Crippen LogP contribution in [0.2, 0.25) is 0 Å². The van der Waals surface area contributed by atoms with E-state index in [-0.39, 0.29) is 0 Å². The molecule has 0 fully saturated rings. The van der Waals surface area contributed by atoms with Crippen LogP contribution in [-0.4, -0.2) is 66.3 Å². The summed E-state index contributed by atoms with van der Waals surface area (Å²) in [5.41, 5.74) is 29.2. The molecule has 0 saturated carbocycles. The number of fused-ring (bicyclic) bond motifs is 36. The molecule has 30 aromatic rings. The summed E-state index contributed by atoms with van der Waals surface area (Å²) >= 11 is 0. The lowest BCUT2D eigenvalue weighted by Crippen LogP contribution is -2.72. The Morgan fingerprint density at radius 2 is 0.409 bits per heavy atom. The fourth-order valence-corrected chi connectivity index (χ4v) is 27.3. The van der Waals surface area contributed by atoms with Crippen LogP contribution in [0.1, 0.15) is 33.4 Å². The van der Waals surface area contributed by atoms with Gasteiger partial charge in [-0.3, -0.25) is 0 Å². The van der Waals surface area contributed by atoms with Crippen LogP contribution >= 0.6 is 0 Å². The second kappa shape index (κ2) is 20.7. The molecule has 18 aromatic heterocycles. The first-order chi connectivity index (χ1) is 65.6. The van der Waals surface area contributed by atoms with E-state index in [1.165, 1.54) is 92.1 Å². The fraction of sp³-hybridized carbons (Fsp3) is 0.0275. The second-order valence-electron chi connectivity index (χ2n) is 36.4. The molecule has 3 spiro atoms. The van der Waals surface area contributed by atoms with Crippen LogP contribution in [0.4, 0.5) is 0 Å². The second-order valence-corrected chi connectivity index (χ2v) is 36.4. The zero-order valence-electron chi connectivity index (χ0n) is 68.7. The van der Waals surface area contributed by atoms with Gasteiger partial charge >= 0.3 is 33.9 Å². The lowest BCUT2D eigenvalue weighted by Gasteiger charge is -2.32. The predicted molar refractivity (Wildman–Crippen MR) is 498 cm³/mol. The third-order valence-electron chi connectivity index (χ3n) is 31.2. The number of pyridine rings is 10. The van der Waals surface area contributed by atoms with Gasteiger partial charge in [0.15, 0.2) is 22.1 Å². The fourth-order valence-electron chi connectivity index (χ4n) is 27.3. The van der Waals surface area contributed by atoms with Crippen molar-refractivity contribution < 1.29 is 41.6 Å². The first kappa shape index (κ1) is 64.4. The number of nitrogens with zero attached hydrogens (tertiary/aromatic N) is 20. The third-order valence-corrected chi connectivity index (χ3v) is 31.2. The maximum Gasteiger partial charge on any atom is 0.326 e. The van der Waals surface area contributed by atoms with E-state index in [0.29, 0.717) is 0 Å². The molecule has 9 aliphatic rings. The monoisotopic (exact) mass is 1690 g/mol. The minimum absolute atomic E-state index is 0.765. The van der Waals surface area contributed by atoms with E-state index in [4.69, 9.17) is 54.1 Å². The molecule has 0 amide bonds. The number of benzene rings is 12. The highest BCUT2D eigenvalue weighted by atomic mass is 16.5. The molecule has 9 aliphatic heterocycles. The van der Waals surface area contributed by atoms with Crippen LogP contribution in [0.3, 0.4) is 0 Å². The summed E-state index contributed by atoms with van der Waals surface area (Å²) in [5.74, 6) is 5.20. The zero-order chi connectivity index (χ0) is 84.2. The molecule has 0 saturated heterocycles. The number of para-hydroxylation sites is 6. The molecule has 600 valence electrons. The maximum atomic E-state index is 6.91. The molecule has 27 heterocycles. The minimum Gasteiger partial charge on any atom is -0.456 e. The highest BCUT2D eigenvalue weighted by Crippen LogP contribution is 2.64. The summed E-state index contributed by atoms with van der Waals surface area (Å²) in [6.07, 6.45) is 14.8. The number of ether oxygens (including phenoxy) is 3. The maximum absolute atomic E-state index is 6.91. The Kier molecular flexibility index (Phi) is 10.1. The number of imidazole rings is 6. The van der Waals surface area contributed by atoms with Crippen molar-refractivity contribution in [1.82, 2.24) is 66.3 Å². The van der Waals surface area contributed by atoms with Crippen LogP contribution in [0, 0.1) is 0 Å². The van der Waals surface area contributed by atoms with Gasteiger partial charge in [-0.05, 0) is 185 Å². The minimum atomic E-state index is -0.868. The molecular formula is C109H52N20O3+6. The van der Waals surface area contributed by atoms with Crippen LogP contribution in [0.5, 0.6) is 34.5 Å². The molecule has 132 heavy (non-hydrogen) atoms.